The topological polar surface area (TPSA) is 51.2 Å². The Morgan fingerprint density at radius 1 is 1.08 bits per heavy atom. The van der Waals surface area contributed by atoms with Crippen LogP contribution in [0.25, 0.3) is 0 Å². The van der Waals surface area contributed by atoms with Crippen molar-refractivity contribution in [3.8, 4) is 11.5 Å². The highest BCUT2D eigenvalue weighted by atomic mass is 16.6. The number of likely N-dealkylation sites (tertiary alicyclic amines) is 1. The molecule has 37 heavy (non-hydrogen) atoms. The molecule has 6 atom stereocenters. The summed E-state index contributed by atoms with van der Waals surface area (Å²) in [6.45, 7) is 6.03. The fourth-order valence-electron chi connectivity index (χ4n) is 10.1. The zero-order valence-electron chi connectivity index (χ0n) is 22.2. The summed E-state index contributed by atoms with van der Waals surface area (Å²) in [7, 11) is 1.89. The molecule has 2 aliphatic heterocycles. The van der Waals surface area contributed by atoms with Crippen molar-refractivity contribution in [3.63, 3.8) is 0 Å². The van der Waals surface area contributed by atoms with Gasteiger partial charge in [-0.2, -0.15) is 0 Å². The van der Waals surface area contributed by atoms with Crippen molar-refractivity contribution in [1.82, 2.24) is 4.90 Å². The Balaban J connectivity index is 1.25. The summed E-state index contributed by atoms with van der Waals surface area (Å²) >= 11 is 0. The number of hydrogen-bond donors (Lipinski definition) is 1. The molecule has 1 unspecified atom stereocenters. The molecule has 0 aromatic heterocycles. The van der Waals surface area contributed by atoms with Crippen molar-refractivity contribution in [3.05, 3.63) is 59.2 Å². The van der Waals surface area contributed by atoms with E-state index in [1.54, 1.807) is 0 Å². The molecule has 5 nitrogen and oxygen atoms in total. The number of rotatable bonds is 7. The van der Waals surface area contributed by atoms with Crippen molar-refractivity contribution < 1.29 is 19.3 Å². The molecule has 5 aliphatic carbocycles. The third-order valence-corrected chi connectivity index (χ3v) is 11.7. The zero-order chi connectivity index (χ0) is 25.0. The molecule has 0 radical (unpaired) electrons. The van der Waals surface area contributed by atoms with Gasteiger partial charge in [-0.05, 0) is 74.6 Å². The SMILES string of the molecule is CO[C@]12CCC3(C[C@]1(C)COCc1ccccc1)[C@H]1Cc4ccc(O)c5c4[C@@]3(CCN1CC1CC1)[C@H]2O5. The Labute approximate surface area is 220 Å². The van der Waals surface area contributed by atoms with Crippen LogP contribution >= 0.6 is 0 Å². The first-order valence-electron chi connectivity index (χ1n) is 14.4. The molecule has 4 saturated carbocycles. The van der Waals surface area contributed by atoms with Crippen LogP contribution in [0.2, 0.25) is 0 Å². The quantitative estimate of drug-likeness (QED) is 0.564. The van der Waals surface area contributed by atoms with Gasteiger partial charge in [-0.15, -0.1) is 0 Å². The van der Waals surface area contributed by atoms with Crippen LogP contribution < -0.4 is 4.74 Å². The van der Waals surface area contributed by atoms with E-state index in [4.69, 9.17) is 14.2 Å². The highest BCUT2D eigenvalue weighted by molar-refractivity contribution is 5.63. The van der Waals surface area contributed by atoms with Gasteiger partial charge in [-0.1, -0.05) is 43.3 Å². The molecule has 2 aromatic carbocycles. The van der Waals surface area contributed by atoms with Gasteiger partial charge in [0, 0.05) is 41.5 Å². The number of aromatic hydroxyl groups is 1. The molecular formula is C32H39NO4. The summed E-state index contributed by atoms with van der Waals surface area (Å²) in [6.07, 6.45) is 8.08. The van der Waals surface area contributed by atoms with Crippen LogP contribution in [0.15, 0.2) is 42.5 Å². The van der Waals surface area contributed by atoms with Crippen LogP contribution in [-0.2, 0) is 27.9 Å². The molecule has 7 aliphatic rings. The molecule has 9 rings (SSSR count). The maximum atomic E-state index is 11.0. The van der Waals surface area contributed by atoms with Crippen LogP contribution in [-0.4, -0.2) is 54.6 Å². The lowest BCUT2D eigenvalue weighted by molar-refractivity contribution is -0.314. The summed E-state index contributed by atoms with van der Waals surface area (Å²) in [5, 5.41) is 11.0. The molecule has 2 heterocycles. The second-order valence-corrected chi connectivity index (χ2v) is 13.3. The van der Waals surface area contributed by atoms with Crippen molar-refractivity contribution >= 4 is 0 Å². The number of fused-ring (bicyclic) bond motifs is 2. The van der Waals surface area contributed by atoms with Gasteiger partial charge in [0.25, 0.3) is 0 Å². The normalized spacial score (nSPS) is 40.9. The Hall–Kier alpha value is -2.08. The van der Waals surface area contributed by atoms with E-state index < -0.39 is 5.60 Å². The van der Waals surface area contributed by atoms with Crippen molar-refractivity contribution in [2.45, 2.75) is 81.6 Å². The molecule has 5 fully saturated rings. The first kappa shape index (κ1) is 22.9. The average Bonchev–Trinajstić information content (AvgIpc) is 3.64. The minimum absolute atomic E-state index is 0.0907. The molecule has 2 spiro atoms. The maximum absolute atomic E-state index is 11.0. The lowest BCUT2D eigenvalue weighted by atomic mass is 9.32. The number of piperidine rings is 1. The first-order valence-corrected chi connectivity index (χ1v) is 14.4. The Morgan fingerprint density at radius 3 is 2.70 bits per heavy atom. The van der Waals surface area contributed by atoms with Gasteiger partial charge < -0.3 is 19.3 Å². The number of ether oxygens (including phenoxy) is 3. The maximum Gasteiger partial charge on any atom is 0.165 e. The lowest BCUT2D eigenvalue weighted by Crippen LogP contribution is -2.83. The number of methoxy groups -OCH3 is 1. The van der Waals surface area contributed by atoms with Gasteiger partial charge in [0.05, 0.1) is 13.2 Å². The van der Waals surface area contributed by atoms with Gasteiger partial charge in [0.1, 0.15) is 11.7 Å². The largest absolute Gasteiger partial charge is 0.504 e. The molecule has 4 bridgehead atoms. The van der Waals surface area contributed by atoms with Gasteiger partial charge in [0.2, 0.25) is 0 Å². The van der Waals surface area contributed by atoms with E-state index in [-0.39, 0.29) is 22.3 Å². The van der Waals surface area contributed by atoms with Crippen LogP contribution in [0.4, 0.5) is 0 Å². The molecule has 196 valence electrons. The Bertz CT molecular complexity index is 1240. The monoisotopic (exact) mass is 501 g/mol. The minimum atomic E-state index is -0.450. The fourth-order valence-corrected chi connectivity index (χ4v) is 10.1. The van der Waals surface area contributed by atoms with E-state index in [9.17, 15) is 5.11 Å². The summed E-state index contributed by atoms with van der Waals surface area (Å²) in [5.41, 5.74) is 3.32. The van der Waals surface area contributed by atoms with E-state index in [1.807, 2.05) is 13.2 Å². The standard InChI is InChI=1S/C32H39NO4/c1-29(20-36-18-22-6-4-3-5-7-22)19-30-12-13-32(29,35-2)28-31(30)14-15-33(17-21-8-9-21)25(30)16-23-10-11-24(34)27(37-28)26(23)31/h3-7,10-11,21,25,28,34H,8-9,12-20H2,1-2H3/t25-,28-,29-,30?,31+,32+/m1/s1. The van der Waals surface area contributed by atoms with Gasteiger partial charge in [0.15, 0.2) is 11.5 Å². The second-order valence-electron chi connectivity index (χ2n) is 13.3. The van der Waals surface area contributed by atoms with E-state index in [2.05, 4.69) is 48.2 Å². The van der Waals surface area contributed by atoms with Gasteiger partial charge >= 0.3 is 0 Å². The molecular weight excluding hydrogens is 462 g/mol. The minimum Gasteiger partial charge on any atom is -0.504 e. The van der Waals surface area contributed by atoms with Crippen LogP contribution in [0.3, 0.4) is 0 Å². The second kappa shape index (κ2) is 7.52. The van der Waals surface area contributed by atoms with Crippen LogP contribution in [0.1, 0.15) is 62.1 Å². The summed E-state index contributed by atoms with van der Waals surface area (Å²) in [6, 6.07) is 15.0. The van der Waals surface area contributed by atoms with Gasteiger partial charge in [-0.25, -0.2) is 0 Å². The molecule has 2 aromatic rings. The number of nitrogens with zero attached hydrogens (tertiary/aromatic N) is 1. The Morgan fingerprint density at radius 2 is 1.92 bits per heavy atom. The van der Waals surface area contributed by atoms with Crippen molar-refractivity contribution in [2.24, 2.45) is 16.7 Å². The van der Waals surface area contributed by atoms with Crippen LogP contribution in [0.5, 0.6) is 11.5 Å². The number of phenols is 1. The van der Waals surface area contributed by atoms with Gasteiger partial charge in [-0.3, -0.25) is 4.90 Å². The van der Waals surface area contributed by atoms with E-state index in [1.165, 1.54) is 36.1 Å². The molecule has 0 amide bonds. The summed E-state index contributed by atoms with van der Waals surface area (Å²) in [4.78, 5) is 2.87. The van der Waals surface area contributed by atoms with Crippen molar-refractivity contribution in [1.29, 1.82) is 0 Å². The summed E-state index contributed by atoms with van der Waals surface area (Å²) < 4.78 is 20.2. The summed E-state index contributed by atoms with van der Waals surface area (Å²) in [5.74, 6) is 1.92. The van der Waals surface area contributed by atoms with Crippen molar-refractivity contribution in [2.75, 3.05) is 26.8 Å². The smallest absolute Gasteiger partial charge is 0.165 e. The zero-order valence-corrected chi connectivity index (χ0v) is 22.2. The lowest BCUT2D eigenvalue weighted by Gasteiger charge is -2.76. The van der Waals surface area contributed by atoms with E-state index in [0.29, 0.717) is 25.0 Å². The highest BCUT2D eigenvalue weighted by Gasteiger charge is 2.83. The number of phenolic OH excluding ortho intramolecular Hbond substituents is 1. The average molecular weight is 502 g/mol. The third kappa shape index (κ3) is 2.71. The fraction of sp³-hybridized carbons (Fsp3) is 0.625. The third-order valence-electron chi connectivity index (χ3n) is 11.7. The van der Waals surface area contributed by atoms with Crippen LogP contribution in [0, 0.1) is 16.7 Å². The molecule has 1 N–H and O–H groups in total. The predicted molar refractivity (Wildman–Crippen MR) is 141 cm³/mol. The Kier molecular flexibility index (Phi) is 4.65. The first-order chi connectivity index (χ1) is 18.0. The van der Waals surface area contributed by atoms with E-state index in [0.717, 1.165) is 50.3 Å². The molecule has 5 heteroatoms. The predicted octanol–water partition coefficient (Wildman–Crippen LogP) is 5.22. The van der Waals surface area contributed by atoms with E-state index >= 15 is 0 Å². The molecule has 1 saturated heterocycles. The number of benzene rings is 2. The highest BCUT2D eigenvalue weighted by Crippen LogP contribution is 2.79. The number of hydrogen-bond acceptors (Lipinski definition) is 5.